The molecule has 1 atom stereocenters. The predicted molar refractivity (Wildman–Crippen MR) is 112 cm³/mol. The van der Waals surface area contributed by atoms with E-state index >= 15 is 0 Å². The summed E-state index contributed by atoms with van der Waals surface area (Å²) >= 11 is 7.56. The molecule has 1 amide bonds. The quantitative estimate of drug-likeness (QED) is 0.560. The minimum Gasteiger partial charge on any atom is -0.465 e. The Labute approximate surface area is 173 Å². The molecule has 144 valence electrons. The number of rotatable bonds is 6. The van der Waals surface area contributed by atoms with Crippen molar-refractivity contribution in [2.75, 3.05) is 7.11 Å². The summed E-state index contributed by atoms with van der Waals surface area (Å²) in [4.78, 5) is 24.3. The van der Waals surface area contributed by atoms with E-state index in [4.69, 9.17) is 16.3 Å². The summed E-state index contributed by atoms with van der Waals surface area (Å²) in [6, 6.07) is 14.5. The minimum atomic E-state index is -0.382. The van der Waals surface area contributed by atoms with Gasteiger partial charge in [-0.1, -0.05) is 35.9 Å². The Morgan fingerprint density at radius 2 is 1.89 bits per heavy atom. The number of methoxy groups -OCH3 is 1. The fraction of sp³-hybridized carbons (Fsp3) is 0.182. The molecule has 0 bridgehead atoms. The van der Waals surface area contributed by atoms with E-state index in [2.05, 4.69) is 5.32 Å². The molecule has 3 aromatic rings. The smallest absolute Gasteiger partial charge is 0.337 e. The Bertz CT molecular complexity index is 981. The van der Waals surface area contributed by atoms with Gasteiger partial charge in [0.2, 0.25) is 0 Å². The maximum atomic E-state index is 12.8. The first kappa shape index (κ1) is 20.1. The fourth-order valence-electron chi connectivity index (χ4n) is 2.91. The van der Waals surface area contributed by atoms with Crippen LogP contribution in [0.4, 0.5) is 0 Å². The zero-order chi connectivity index (χ0) is 20.1. The van der Waals surface area contributed by atoms with Gasteiger partial charge in [0.25, 0.3) is 5.91 Å². The van der Waals surface area contributed by atoms with E-state index in [9.17, 15) is 9.59 Å². The number of esters is 1. The minimum absolute atomic E-state index is 0.122. The molecule has 28 heavy (non-hydrogen) atoms. The third-order valence-corrected chi connectivity index (χ3v) is 5.48. The van der Waals surface area contributed by atoms with E-state index in [-0.39, 0.29) is 17.9 Å². The highest BCUT2D eigenvalue weighted by Crippen LogP contribution is 2.22. The molecule has 0 aliphatic heterocycles. The molecule has 1 unspecified atom stereocenters. The van der Waals surface area contributed by atoms with Crippen molar-refractivity contribution < 1.29 is 14.3 Å². The van der Waals surface area contributed by atoms with Crippen LogP contribution in [-0.2, 0) is 11.2 Å². The zero-order valence-corrected chi connectivity index (χ0v) is 17.1. The second kappa shape index (κ2) is 9.04. The number of ether oxygens (including phenoxy) is 1. The van der Waals surface area contributed by atoms with E-state index in [1.165, 1.54) is 18.4 Å². The van der Waals surface area contributed by atoms with Crippen LogP contribution >= 0.6 is 22.9 Å². The summed E-state index contributed by atoms with van der Waals surface area (Å²) < 4.78 is 4.70. The SMILES string of the molecule is COC(=O)c1ccc(C(C)NC(=O)c2cscc2Cc2cccc(Cl)c2)cc1. The Balaban J connectivity index is 1.69. The molecule has 4 nitrogen and oxygen atoms in total. The number of hydrogen-bond acceptors (Lipinski definition) is 4. The van der Waals surface area contributed by atoms with E-state index in [0.29, 0.717) is 22.6 Å². The molecular formula is C22H20ClNO3S. The lowest BCUT2D eigenvalue weighted by Gasteiger charge is -2.15. The van der Waals surface area contributed by atoms with Crippen LogP contribution in [0.15, 0.2) is 59.3 Å². The lowest BCUT2D eigenvalue weighted by Crippen LogP contribution is -2.27. The van der Waals surface area contributed by atoms with Gasteiger partial charge in [0.1, 0.15) is 0 Å². The predicted octanol–water partition coefficient (Wildman–Crippen LogP) is 5.27. The summed E-state index contributed by atoms with van der Waals surface area (Å²) in [7, 11) is 1.35. The number of carbonyl (C=O) groups is 2. The van der Waals surface area contributed by atoms with Crippen LogP contribution in [0, 0.1) is 0 Å². The second-order valence-corrected chi connectivity index (χ2v) is 7.61. The number of carbonyl (C=O) groups excluding carboxylic acids is 2. The Morgan fingerprint density at radius 1 is 1.14 bits per heavy atom. The topological polar surface area (TPSA) is 55.4 Å². The molecule has 1 heterocycles. The Morgan fingerprint density at radius 3 is 2.57 bits per heavy atom. The normalized spacial score (nSPS) is 11.7. The van der Waals surface area contributed by atoms with E-state index < -0.39 is 0 Å². The van der Waals surface area contributed by atoms with Crippen molar-refractivity contribution in [3.8, 4) is 0 Å². The lowest BCUT2D eigenvalue weighted by atomic mass is 10.0. The van der Waals surface area contributed by atoms with Crippen molar-refractivity contribution in [1.29, 1.82) is 0 Å². The lowest BCUT2D eigenvalue weighted by molar-refractivity contribution is 0.0600. The van der Waals surface area contributed by atoms with E-state index in [1.807, 2.05) is 54.1 Å². The second-order valence-electron chi connectivity index (χ2n) is 6.43. The first-order valence-corrected chi connectivity index (χ1v) is 10.1. The van der Waals surface area contributed by atoms with Crippen molar-refractivity contribution in [3.63, 3.8) is 0 Å². The molecule has 3 rings (SSSR count). The van der Waals surface area contributed by atoms with Crippen LogP contribution < -0.4 is 5.32 Å². The highest BCUT2D eigenvalue weighted by molar-refractivity contribution is 7.08. The molecule has 0 radical (unpaired) electrons. The average Bonchev–Trinajstić information content (AvgIpc) is 3.15. The molecule has 0 aliphatic rings. The standard InChI is InChI=1S/C22H20ClNO3S/c1-14(16-6-8-17(9-7-16)22(26)27-2)24-21(25)20-13-28-12-18(20)10-15-4-3-5-19(23)11-15/h3-9,11-14H,10H2,1-2H3,(H,24,25). The summed E-state index contributed by atoms with van der Waals surface area (Å²) in [6.45, 7) is 1.91. The van der Waals surface area contributed by atoms with E-state index in [1.54, 1.807) is 12.1 Å². The van der Waals surface area contributed by atoms with Crippen LogP contribution in [0.2, 0.25) is 5.02 Å². The van der Waals surface area contributed by atoms with Gasteiger partial charge in [-0.25, -0.2) is 4.79 Å². The highest BCUT2D eigenvalue weighted by atomic mass is 35.5. The van der Waals surface area contributed by atoms with Gasteiger partial charge in [-0.3, -0.25) is 4.79 Å². The van der Waals surface area contributed by atoms with Gasteiger partial charge in [0.05, 0.1) is 24.3 Å². The number of nitrogens with one attached hydrogen (secondary N) is 1. The van der Waals surface area contributed by atoms with Crippen molar-refractivity contribution >= 4 is 34.8 Å². The number of halogens is 1. The van der Waals surface area contributed by atoms with Crippen LogP contribution in [0.5, 0.6) is 0 Å². The van der Waals surface area contributed by atoms with Crippen molar-refractivity contribution in [2.45, 2.75) is 19.4 Å². The Hall–Kier alpha value is -2.63. The maximum Gasteiger partial charge on any atom is 0.337 e. The summed E-state index contributed by atoms with van der Waals surface area (Å²) in [6.07, 6.45) is 0.648. The van der Waals surface area contributed by atoms with Gasteiger partial charge in [-0.15, -0.1) is 0 Å². The summed E-state index contributed by atoms with van der Waals surface area (Å²) in [5, 5.41) is 7.56. The average molecular weight is 414 g/mol. The van der Waals surface area contributed by atoms with Gasteiger partial charge >= 0.3 is 5.97 Å². The molecule has 0 spiro atoms. The van der Waals surface area contributed by atoms with Crippen LogP contribution in [0.25, 0.3) is 0 Å². The first-order valence-electron chi connectivity index (χ1n) is 8.76. The van der Waals surface area contributed by atoms with Crippen molar-refractivity contribution in [2.24, 2.45) is 0 Å². The summed E-state index contributed by atoms with van der Waals surface area (Å²) in [5.74, 6) is -0.505. The largest absolute Gasteiger partial charge is 0.465 e. The fourth-order valence-corrected chi connectivity index (χ4v) is 3.96. The maximum absolute atomic E-state index is 12.8. The highest BCUT2D eigenvalue weighted by Gasteiger charge is 2.16. The molecule has 1 N–H and O–H groups in total. The van der Waals surface area contributed by atoms with Gasteiger partial charge in [-0.2, -0.15) is 11.3 Å². The number of benzene rings is 2. The monoisotopic (exact) mass is 413 g/mol. The van der Waals surface area contributed by atoms with Crippen LogP contribution in [0.3, 0.4) is 0 Å². The van der Waals surface area contributed by atoms with Crippen molar-refractivity contribution in [1.82, 2.24) is 5.32 Å². The van der Waals surface area contributed by atoms with Crippen molar-refractivity contribution in [3.05, 3.63) is 92.1 Å². The zero-order valence-electron chi connectivity index (χ0n) is 15.6. The van der Waals surface area contributed by atoms with Gasteiger partial charge in [-0.05, 0) is 59.7 Å². The third kappa shape index (κ3) is 4.80. The molecule has 6 heteroatoms. The van der Waals surface area contributed by atoms with Gasteiger partial charge in [0.15, 0.2) is 0 Å². The third-order valence-electron chi connectivity index (χ3n) is 4.45. The molecule has 0 fully saturated rings. The molecule has 2 aromatic carbocycles. The van der Waals surface area contributed by atoms with Gasteiger partial charge < -0.3 is 10.1 Å². The summed E-state index contributed by atoms with van der Waals surface area (Å²) in [5.41, 5.74) is 4.09. The molecular weight excluding hydrogens is 394 g/mol. The Kier molecular flexibility index (Phi) is 6.49. The number of amides is 1. The van der Waals surface area contributed by atoms with E-state index in [0.717, 1.165) is 16.7 Å². The number of hydrogen-bond donors (Lipinski definition) is 1. The van der Waals surface area contributed by atoms with Gasteiger partial charge in [0, 0.05) is 10.4 Å². The molecule has 0 saturated heterocycles. The first-order chi connectivity index (χ1) is 13.5. The molecule has 0 aliphatic carbocycles. The molecule has 1 aromatic heterocycles. The van der Waals surface area contributed by atoms with Crippen LogP contribution in [0.1, 0.15) is 50.4 Å². The van der Waals surface area contributed by atoms with Crippen LogP contribution in [-0.4, -0.2) is 19.0 Å². The number of thiophene rings is 1. The molecule has 0 saturated carbocycles.